The van der Waals surface area contributed by atoms with Gasteiger partial charge in [0.25, 0.3) is 5.91 Å². The van der Waals surface area contributed by atoms with Crippen LogP contribution in [-0.2, 0) is 19.6 Å². The van der Waals surface area contributed by atoms with Gasteiger partial charge in [-0.1, -0.05) is 31.2 Å². The molecule has 0 fully saturated rings. The summed E-state index contributed by atoms with van der Waals surface area (Å²) in [5, 5.41) is 2.82. The molecule has 0 saturated heterocycles. The standard InChI is InChI=1S/C25H29FN2O3/c1-3-14-27-25(29)24-13-12-23(31-24)18-28(17-20-6-5-7-21(26)15-20)16-19-8-10-22(11-9-19)30-4-2/h5-13,15H,3-4,14,16-18H2,1-2H3,(H,27,29). The monoisotopic (exact) mass is 424 g/mol. The number of amides is 1. The fourth-order valence-electron chi connectivity index (χ4n) is 3.31. The maximum absolute atomic E-state index is 13.7. The number of hydrogen-bond donors (Lipinski definition) is 1. The zero-order valence-electron chi connectivity index (χ0n) is 18.1. The summed E-state index contributed by atoms with van der Waals surface area (Å²) in [6.07, 6.45) is 0.864. The van der Waals surface area contributed by atoms with Gasteiger partial charge < -0.3 is 14.5 Å². The first-order valence-corrected chi connectivity index (χ1v) is 10.6. The molecule has 6 heteroatoms. The summed E-state index contributed by atoms with van der Waals surface area (Å²) in [7, 11) is 0. The van der Waals surface area contributed by atoms with E-state index in [-0.39, 0.29) is 11.7 Å². The van der Waals surface area contributed by atoms with Crippen LogP contribution in [0.2, 0.25) is 0 Å². The van der Waals surface area contributed by atoms with Crippen LogP contribution in [0.15, 0.2) is 65.1 Å². The van der Waals surface area contributed by atoms with Gasteiger partial charge in [0.1, 0.15) is 17.3 Å². The van der Waals surface area contributed by atoms with Crippen LogP contribution in [0.5, 0.6) is 5.75 Å². The van der Waals surface area contributed by atoms with Gasteiger partial charge in [0.15, 0.2) is 5.76 Å². The Labute approximate surface area is 182 Å². The van der Waals surface area contributed by atoms with E-state index in [1.807, 2.05) is 50.2 Å². The van der Waals surface area contributed by atoms with Crippen LogP contribution in [0.4, 0.5) is 4.39 Å². The third-order valence-electron chi connectivity index (χ3n) is 4.74. The normalized spacial score (nSPS) is 11.0. The average molecular weight is 425 g/mol. The Morgan fingerprint density at radius 1 is 1.00 bits per heavy atom. The van der Waals surface area contributed by atoms with Crippen molar-refractivity contribution in [1.29, 1.82) is 0 Å². The van der Waals surface area contributed by atoms with Crippen molar-refractivity contribution in [2.24, 2.45) is 0 Å². The van der Waals surface area contributed by atoms with Crippen LogP contribution >= 0.6 is 0 Å². The van der Waals surface area contributed by atoms with Gasteiger partial charge in [-0.2, -0.15) is 0 Å². The molecule has 0 aliphatic carbocycles. The smallest absolute Gasteiger partial charge is 0.286 e. The molecule has 0 radical (unpaired) electrons. The van der Waals surface area contributed by atoms with Crippen molar-refractivity contribution < 1.29 is 18.3 Å². The van der Waals surface area contributed by atoms with E-state index < -0.39 is 0 Å². The summed E-state index contributed by atoms with van der Waals surface area (Å²) in [6, 6.07) is 18.0. The van der Waals surface area contributed by atoms with Crippen molar-refractivity contribution in [1.82, 2.24) is 10.2 Å². The van der Waals surface area contributed by atoms with Crippen LogP contribution < -0.4 is 10.1 Å². The van der Waals surface area contributed by atoms with Crippen LogP contribution in [0.25, 0.3) is 0 Å². The van der Waals surface area contributed by atoms with Gasteiger partial charge in [-0.15, -0.1) is 0 Å². The first-order chi connectivity index (χ1) is 15.1. The minimum Gasteiger partial charge on any atom is -0.494 e. The van der Waals surface area contributed by atoms with Gasteiger partial charge in [0.05, 0.1) is 13.2 Å². The zero-order valence-corrected chi connectivity index (χ0v) is 18.1. The van der Waals surface area contributed by atoms with Gasteiger partial charge in [-0.05, 0) is 60.9 Å². The number of carbonyl (C=O) groups excluding carboxylic acids is 1. The number of rotatable bonds is 11. The molecule has 0 spiro atoms. The second-order valence-electron chi connectivity index (χ2n) is 7.37. The molecule has 0 aliphatic heterocycles. The maximum atomic E-state index is 13.7. The van der Waals surface area contributed by atoms with E-state index in [1.165, 1.54) is 12.1 Å². The first kappa shape index (κ1) is 22.6. The van der Waals surface area contributed by atoms with Crippen LogP contribution in [0.1, 0.15) is 47.7 Å². The molecule has 3 rings (SSSR count). The molecule has 2 aromatic carbocycles. The SMILES string of the molecule is CCCNC(=O)c1ccc(CN(Cc2ccc(OCC)cc2)Cc2cccc(F)c2)o1. The molecule has 0 aliphatic rings. The van der Waals surface area contributed by atoms with E-state index in [2.05, 4.69) is 10.2 Å². The fraction of sp³-hybridized carbons (Fsp3) is 0.320. The molecule has 3 aromatic rings. The Balaban J connectivity index is 1.74. The highest BCUT2D eigenvalue weighted by molar-refractivity contribution is 5.91. The summed E-state index contributed by atoms with van der Waals surface area (Å²) in [4.78, 5) is 14.3. The molecule has 0 bridgehead atoms. The van der Waals surface area contributed by atoms with E-state index in [4.69, 9.17) is 9.15 Å². The van der Waals surface area contributed by atoms with Gasteiger partial charge in [-0.3, -0.25) is 9.69 Å². The molecule has 0 saturated carbocycles. The molecular formula is C25H29FN2O3. The van der Waals surface area contributed by atoms with Crippen LogP contribution in [0, 0.1) is 5.82 Å². The average Bonchev–Trinajstić information content (AvgIpc) is 3.22. The Hall–Kier alpha value is -3.12. The number of ether oxygens (including phenoxy) is 1. The second kappa shape index (κ2) is 11.3. The third kappa shape index (κ3) is 6.96. The summed E-state index contributed by atoms with van der Waals surface area (Å²) in [5.74, 6) is 1.35. The van der Waals surface area contributed by atoms with Gasteiger partial charge in [-0.25, -0.2) is 4.39 Å². The largest absolute Gasteiger partial charge is 0.494 e. The molecule has 1 aromatic heterocycles. The summed E-state index contributed by atoms with van der Waals surface area (Å²) in [5.41, 5.74) is 1.98. The molecule has 31 heavy (non-hydrogen) atoms. The molecule has 164 valence electrons. The number of nitrogens with one attached hydrogen (secondary N) is 1. The molecule has 1 N–H and O–H groups in total. The van der Waals surface area contributed by atoms with Crippen molar-refractivity contribution >= 4 is 5.91 Å². The van der Waals surface area contributed by atoms with Crippen molar-refractivity contribution in [3.05, 3.63) is 89.1 Å². The molecule has 5 nitrogen and oxygen atoms in total. The number of halogens is 1. The topological polar surface area (TPSA) is 54.7 Å². The summed E-state index contributed by atoms with van der Waals surface area (Å²) < 4.78 is 25.0. The predicted octanol–water partition coefficient (Wildman–Crippen LogP) is 5.16. The van der Waals surface area contributed by atoms with E-state index in [9.17, 15) is 9.18 Å². The quantitative estimate of drug-likeness (QED) is 0.462. The maximum Gasteiger partial charge on any atom is 0.286 e. The lowest BCUT2D eigenvalue weighted by Crippen LogP contribution is -2.23. The highest BCUT2D eigenvalue weighted by Crippen LogP contribution is 2.19. The lowest BCUT2D eigenvalue weighted by molar-refractivity contribution is 0.0921. The molecular weight excluding hydrogens is 395 g/mol. The highest BCUT2D eigenvalue weighted by Gasteiger charge is 2.15. The van der Waals surface area contributed by atoms with E-state index in [0.717, 1.165) is 23.3 Å². The van der Waals surface area contributed by atoms with Crippen molar-refractivity contribution in [2.75, 3.05) is 13.2 Å². The number of carbonyl (C=O) groups is 1. The van der Waals surface area contributed by atoms with Gasteiger partial charge in [0, 0.05) is 19.6 Å². The van der Waals surface area contributed by atoms with Crippen molar-refractivity contribution in [2.45, 2.75) is 39.9 Å². The van der Waals surface area contributed by atoms with Crippen LogP contribution in [0.3, 0.4) is 0 Å². The van der Waals surface area contributed by atoms with E-state index >= 15 is 0 Å². The van der Waals surface area contributed by atoms with E-state index in [0.29, 0.717) is 44.3 Å². The molecule has 1 amide bonds. The van der Waals surface area contributed by atoms with Gasteiger partial charge in [0.2, 0.25) is 0 Å². The van der Waals surface area contributed by atoms with Crippen molar-refractivity contribution in [3.8, 4) is 5.75 Å². The number of benzene rings is 2. The van der Waals surface area contributed by atoms with Crippen molar-refractivity contribution in [3.63, 3.8) is 0 Å². The molecule has 0 atom stereocenters. The van der Waals surface area contributed by atoms with Gasteiger partial charge >= 0.3 is 0 Å². The predicted molar refractivity (Wildman–Crippen MR) is 118 cm³/mol. The van der Waals surface area contributed by atoms with Crippen LogP contribution in [-0.4, -0.2) is 24.0 Å². The number of furan rings is 1. The minimum absolute atomic E-state index is 0.212. The number of nitrogens with zero attached hydrogens (tertiary/aromatic N) is 1. The van der Waals surface area contributed by atoms with E-state index in [1.54, 1.807) is 12.1 Å². The lowest BCUT2D eigenvalue weighted by Gasteiger charge is -2.22. The fourth-order valence-corrected chi connectivity index (χ4v) is 3.31. The molecule has 0 unspecified atom stereocenters. The molecule has 1 heterocycles. The Morgan fingerprint density at radius 3 is 2.48 bits per heavy atom. The number of hydrogen-bond acceptors (Lipinski definition) is 4. The first-order valence-electron chi connectivity index (χ1n) is 10.6. The summed E-state index contributed by atoms with van der Waals surface area (Å²) in [6.45, 7) is 6.86. The lowest BCUT2D eigenvalue weighted by atomic mass is 10.1. The Bertz CT molecular complexity index is 969. The highest BCUT2D eigenvalue weighted by atomic mass is 19.1. The third-order valence-corrected chi connectivity index (χ3v) is 4.74. The Morgan fingerprint density at radius 2 is 1.77 bits per heavy atom. The second-order valence-corrected chi connectivity index (χ2v) is 7.37. The zero-order chi connectivity index (χ0) is 22.1. The minimum atomic E-state index is -0.258. The Kier molecular flexibility index (Phi) is 8.24. The summed E-state index contributed by atoms with van der Waals surface area (Å²) >= 11 is 0.